The molecule has 0 saturated carbocycles. The van der Waals surface area contributed by atoms with E-state index in [2.05, 4.69) is 39.5 Å². The second-order valence-corrected chi connectivity index (χ2v) is 9.69. The van der Waals surface area contributed by atoms with E-state index < -0.39 is 17.8 Å². The van der Waals surface area contributed by atoms with Gasteiger partial charge in [0.25, 0.3) is 0 Å². The molecule has 0 spiro atoms. The largest absolute Gasteiger partial charge is 0.416 e. The summed E-state index contributed by atoms with van der Waals surface area (Å²) in [5, 5.41) is 13.2. The molecule has 2 aliphatic rings. The highest BCUT2D eigenvalue weighted by atomic mass is 35.5. The minimum Gasteiger partial charge on any atom is -0.337 e. The van der Waals surface area contributed by atoms with Gasteiger partial charge in [-0.05, 0) is 60.9 Å². The van der Waals surface area contributed by atoms with E-state index in [1.807, 2.05) is 6.07 Å². The van der Waals surface area contributed by atoms with Crippen LogP contribution in [-0.2, 0) is 6.18 Å². The van der Waals surface area contributed by atoms with Crippen molar-refractivity contribution in [1.29, 1.82) is 0 Å². The number of allylic oxidation sites excluding steroid dienone is 2. The van der Waals surface area contributed by atoms with Crippen molar-refractivity contribution in [2.24, 2.45) is 0 Å². The van der Waals surface area contributed by atoms with Crippen LogP contribution in [0.25, 0.3) is 0 Å². The average Bonchev–Trinajstić information content (AvgIpc) is 3.26. The molecule has 4 rings (SSSR count). The molecule has 10 heteroatoms. The molecule has 2 aromatic carbocycles. The standard InChI is InChI=1S/C26H27Cl2F3N4O/c27-21-9-8-16(12-22(21)28)17(10-11-32-24-15-33-23-7-2-1-6-20(23)24)14-34-25(36)35-19-5-3-4-18(13-19)26(29,30)31/h1-6,8-9,12-13,17,23-24,32-33H,7,10-11,14-15H2,(H2,34,35,36)/t17?,23-,24-/m1/s1. The second kappa shape index (κ2) is 11.7. The number of benzene rings is 2. The zero-order valence-electron chi connectivity index (χ0n) is 19.3. The van der Waals surface area contributed by atoms with Gasteiger partial charge in [0.1, 0.15) is 0 Å². The molecule has 2 aromatic rings. The predicted molar refractivity (Wildman–Crippen MR) is 138 cm³/mol. The Morgan fingerprint density at radius 1 is 1.14 bits per heavy atom. The Morgan fingerprint density at radius 3 is 2.75 bits per heavy atom. The molecule has 0 aromatic heterocycles. The van der Waals surface area contributed by atoms with Crippen molar-refractivity contribution in [1.82, 2.24) is 16.0 Å². The topological polar surface area (TPSA) is 65.2 Å². The van der Waals surface area contributed by atoms with Crippen LogP contribution in [0.5, 0.6) is 0 Å². The van der Waals surface area contributed by atoms with E-state index in [0.717, 1.165) is 30.7 Å². The molecule has 5 nitrogen and oxygen atoms in total. The van der Waals surface area contributed by atoms with Crippen LogP contribution in [0, 0.1) is 0 Å². The fourth-order valence-electron chi connectivity index (χ4n) is 4.52. The van der Waals surface area contributed by atoms with E-state index in [-0.39, 0.29) is 24.2 Å². The Labute approximate surface area is 218 Å². The van der Waals surface area contributed by atoms with Gasteiger partial charge < -0.3 is 21.3 Å². The highest BCUT2D eigenvalue weighted by Gasteiger charge is 2.31. The molecular weight excluding hydrogens is 512 g/mol. The third-order valence-electron chi connectivity index (χ3n) is 6.43. The first-order chi connectivity index (χ1) is 17.2. The fraction of sp³-hybridized carbons (Fsp3) is 0.346. The van der Waals surface area contributed by atoms with Gasteiger partial charge in [0, 0.05) is 36.8 Å². The van der Waals surface area contributed by atoms with Gasteiger partial charge in [0.2, 0.25) is 0 Å². The lowest BCUT2D eigenvalue weighted by Crippen LogP contribution is -2.36. The smallest absolute Gasteiger partial charge is 0.337 e. The van der Waals surface area contributed by atoms with Gasteiger partial charge in [-0.15, -0.1) is 0 Å². The lowest BCUT2D eigenvalue weighted by atomic mass is 9.94. The summed E-state index contributed by atoms with van der Waals surface area (Å²) in [6.45, 7) is 1.82. The van der Waals surface area contributed by atoms with E-state index in [1.165, 1.54) is 17.7 Å². The lowest BCUT2D eigenvalue weighted by Gasteiger charge is -2.22. The molecule has 2 amide bonds. The number of alkyl halides is 3. The van der Waals surface area contributed by atoms with Gasteiger partial charge in [0.15, 0.2) is 0 Å². The summed E-state index contributed by atoms with van der Waals surface area (Å²) < 4.78 is 38.9. The predicted octanol–water partition coefficient (Wildman–Crippen LogP) is 6.12. The maximum atomic E-state index is 13.0. The highest BCUT2D eigenvalue weighted by molar-refractivity contribution is 6.42. The lowest BCUT2D eigenvalue weighted by molar-refractivity contribution is -0.137. The Bertz CT molecular complexity index is 1150. The van der Waals surface area contributed by atoms with Crippen molar-refractivity contribution in [3.8, 4) is 0 Å². The number of carbonyl (C=O) groups is 1. The van der Waals surface area contributed by atoms with Gasteiger partial charge in [-0.25, -0.2) is 4.79 Å². The van der Waals surface area contributed by atoms with Crippen molar-refractivity contribution in [2.45, 2.75) is 37.0 Å². The number of hydrogen-bond donors (Lipinski definition) is 4. The number of amides is 2. The summed E-state index contributed by atoms with van der Waals surface area (Å²) in [7, 11) is 0. The summed E-state index contributed by atoms with van der Waals surface area (Å²) >= 11 is 12.3. The van der Waals surface area contributed by atoms with Gasteiger partial charge in [-0.2, -0.15) is 13.2 Å². The molecule has 1 fully saturated rings. The monoisotopic (exact) mass is 538 g/mol. The minimum absolute atomic E-state index is 0.0631. The Kier molecular flexibility index (Phi) is 8.62. The molecule has 0 bridgehead atoms. The molecule has 1 aliphatic heterocycles. The van der Waals surface area contributed by atoms with E-state index in [1.54, 1.807) is 12.1 Å². The van der Waals surface area contributed by atoms with Crippen LogP contribution in [0.1, 0.15) is 29.9 Å². The number of nitrogens with one attached hydrogen (secondary N) is 4. The first-order valence-electron chi connectivity index (χ1n) is 11.7. The first-order valence-corrected chi connectivity index (χ1v) is 12.5. The fourth-order valence-corrected chi connectivity index (χ4v) is 4.83. The molecule has 0 radical (unpaired) electrons. The van der Waals surface area contributed by atoms with E-state index in [9.17, 15) is 18.0 Å². The summed E-state index contributed by atoms with van der Waals surface area (Å²) in [6, 6.07) is 9.91. The third kappa shape index (κ3) is 6.82. The van der Waals surface area contributed by atoms with Crippen LogP contribution in [0.4, 0.5) is 23.7 Å². The van der Waals surface area contributed by atoms with Crippen molar-refractivity contribution in [2.75, 3.05) is 25.0 Å². The van der Waals surface area contributed by atoms with Crippen LogP contribution in [0.15, 0.2) is 66.3 Å². The summed E-state index contributed by atoms with van der Waals surface area (Å²) in [4.78, 5) is 12.5. The van der Waals surface area contributed by atoms with Crippen LogP contribution in [0.2, 0.25) is 10.0 Å². The van der Waals surface area contributed by atoms with Crippen LogP contribution in [-0.4, -0.2) is 37.7 Å². The SMILES string of the molecule is O=C(NCC(CCN[C@@H]1CN[C@@H]2CC=CC=C21)c1ccc(Cl)c(Cl)c1)Nc1cccc(C(F)(F)F)c1. The number of hydrogen-bond acceptors (Lipinski definition) is 3. The minimum atomic E-state index is -4.49. The highest BCUT2D eigenvalue weighted by Crippen LogP contribution is 2.31. The Hall–Kier alpha value is -2.52. The molecule has 1 aliphatic carbocycles. The van der Waals surface area contributed by atoms with Crippen LogP contribution in [0.3, 0.4) is 0 Å². The maximum absolute atomic E-state index is 13.0. The van der Waals surface area contributed by atoms with Gasteiger partial charge in [-0.3, -0.25) is 0 Å². The average molecular weight is 539 g/mol. The normalized spacial score (nSPS) is 20.0. The van der Waals surface area contributed by atoms with Gasteiger partial charge >= 0.3 is 12.2 Å². The summed E-state index contributed by atoms with van der Waals surface area (Å²) in [5.41, 5.74) is 1.50. The van der Waals surface area contributed by atoms with Crippen molar-refractivity contribution >= 4 is 34.9 Å². The quantitative estimate of drug-likeness (QED) is 0.327. The third-order valence-corrected chi connectivity index (χ3v) is 7.16. The summed E-state index contributed by atoms with van der Waals surface area (Å²) in [5.74, 6) is -0.0927. The Balaban J connectivity index is 1.37. The number of fused-ring (bicyclic) bond motifs is 1. The Morgan fingerprint density at radius 2 is 1.97 bits per heavy atom. The molecule has 1 heterocycles. The van der Waals surface area contributed by atoms with E-state index >= 15 is 0 Å². The van der Waals surface area contributed by atoms with E-state index in [0.29, 0.717) is 29.1 Å². The van der Waals surface area contributed by atoms with Gasteiger partial charge in [0.05, 0.1) is 15.6 Å². The second-order valence-electron chi connectivity index (χ2n) is 8.87. The van der Waals surface area contributed by atoms with Crippen molar-refractivity contribution < 1.29 is 18.0 Å². The number of carbonyl (C=O) groups excluding carboxylic acids is 1. The molecule has 4 N–H and O–H groups in total. The van der Waals surface area contributed by atoms with Crippen molar-refractivity contribution in [3.63, 3.8) is 0 Å². The molecule has 3 atom stereocenters. The van der Waals surface area contributed by atoms with Crippen LogP contribution >= 0.6 is 23.2 Å². The van der Waals surface area contributed by atoms with Gasteiger partial charge in [-0.1, -0.05) is 53.6 Å². The van der Waals surface area contributed by atoms with Crippen LogP contribution < -0.4 is 21.3 Å². The zero-order chi connectivity index (χ0) is 25.7. The van der Waals surface area contributed by atoms with E-state index in [4.69, 9.17) is 23.2 Å². The maximum Gasteiger partial charge on any atom is 0.416 e. The summed E-state index contributed by atoms with van der Waals surface area (Å²) in [6.07, 6.45) is 3.59. The zero-order valence-corrected chi connectivity index (χ0v) is 20.9. The number of rotatable bonds is 8. The number of urea groups is 1. The molecular formula is C26H27Cl2F3N4O. The molecule has 192 valence electrons. The molecule has 1 unspecified atom stereocenters. The number of halogens is 5. The van der Waals surface area contributed by atoms with Crippen molar-refractivity contribution in [3.05, 3.63) is 87.4 Å². The molecule has 1 saturated heterocycles. The first kappa shape index (κ1) is 26.5. The number of anilines is 1. The molecule has 36 heavy (non-hydrogen) atoms.